The largest absolute Gasteiger partial charge is 0.495 e. The lowest BCUT2D eigenvalue weighted by Crippen LogP contribution is -1.95. The molecule has 3 rings (SSSR count). The summed E-state index contributed by atoms with van der Waals surface area (Å²) in [5.41, 5.74) is 11.2. The van der Waals surface area contributed by atoms with Crippen molar-refractivity contribution in [3.8, 4) is 5.75 Å². The van der Waals surface area contributed by atoms with Crippen LogP contribution in [0.5, 0.6) is 5.75 Å². The molecular formula is C14H13N3OS. The third-order valence-corrected chi connectivity index (χ3v) is 3.65. The van der Waals surface area contributed by atoms with Crippen molar-refractivity contribution in [2.45, 2.75) is 0 Å². The Morgan fingerprint density at radius 2 is 1.95 bits per heavy atom. The zero-order chi connectivity index (χ0) is 13.2. The van der Waals surface area contributed by atoms with E-state index in [-0.39, 0.29) is 0 Å². The summed E-state index contributed by atoms with van der Waals surface area (Å²) in [5, 5.41) is 3.33. The quantitative estimate of drug-likeness (QED) is 0.714. The number of hydrogen-bond acceptors (Lipinski definition) is 5. The molecule has 0 aliphatic rings. The van der Waals surface area contributed by atoms with Gasteiger partial charge >= 0.3 is 0 Å². The number of nitrogen functional groups attached to an aromatic ring is 1. The minimum absolute atomic E-state index is 0.631. The number of nitrogens with one attached hydrogen (secondary N) is 1. The summed E-state index contributed by atoms with van der Waals surface area (Å²) in [6, 6.07) is 11.7. The molecule has 96 valence electrons. The van der Waals surface area contributed by atoms with E-state index >= 15 is 0 Å². The van der Waals surface area contributed by atoms with Crippen molar-refractivity contribution in [1.82, 2.24) is 4.98 Å². The van der Waals surface area contributed by atoms with Crippen molar-refractivity contribution in [2.24, 2.45) is 0 Å². The summed E-state index contributed by atoms with van der Waals surface area (Å²) < 4.78 is 6.37. The molecule has 0 spiro atoms. The van der Waals surface area contributed by atoms with E-state index < -0.39 is 0 Å². The molecule has 0 bridgehead atoms. The third kappa shape index (κ3) is 2.32. The van der Waals surface area contributed by atoms with Crippen LogP contribution < -0.4 is 15.8 Å². The highest BCUT2D eigenvalue weighted by atomic mass is 32.1. The highest BCUT2D eigenvalue weighted by Gasteiger charge is 2.03. The van der Waals surface area contributed by atoms with E-state index in [1.807, 2.05) is 35.8 Å². The molecule has 0 atom stereocenters. The van der Waals surface area contributed by atoms with Gasteiger partial charge in [-0.1, -0.05) is 0 Å². The van der Waals surface area contributed by atoms with Gasteiger partial charge < -0.3 is 15.8 Å². The van der Waals surface area contributed by atoms with E-state index in [0.29, 0.717) is 11.4 Å². The van der Waals surface area contributed by atoms with E-state index in [0.717, 1.165) is 21.6 Å². The van der Waals surface area contributed by atoms with Gasteiger partial charge in [0.1, 0.15) is 5.75 Å². The van der Waals surface area contributed by atoms with Crippen LogP contribution in [0.4, 0.5) is 17.1 Å². The Morgan fingerprint density at radius 3 is 2.79 bits per heavy atom. The molecule has 19 heavy (non-hydrogen) atoms. The maximum absolute atomic E-state index is 5.79. The number of thiazole rings is 1. The van der Waals surface area contributed by atoms with Crippen LogP contribution in [-0.4, -0.2) is 12.1 Å². The summed E-state index contributed by atoms with van der Waals surface area (Å²) in [7, 11) is 1.61. The maximum atomic E-state index is 5.79. The lowest BCUT2D eigenvalue weighted by molar-refractivity contribution is 0.417. The minimum atomic E-state index is 0.631. The lowest BCUT2D eigenvalue weighted by atomic mass is 10.2. The number of ether oxygens (including phenoxy) is 1. The van der Waals surface area contributed by atoms with Gasteiger partial charge in [-0.3, -0.25) is 0 Å². The molecular weight excluding hydrogens is 258 g/mol. The number of nitrogens with two attached hydrogens (primary N) is 1. The zero-order valence-corrected chi connectivity index (χ0v) is 11.2. The van der Waals surface area contributed by atoms with Crippen LogP contribution in [0.25, 0.3) is 10.2 Å². The van der Waals surface area contributed by atoms with E-state index in [2.05, 4.69) is 16.4 Å². The molecule has 0 radical (unpaired) electrons. The van der Waals surface area contributed by atoms with Crippen molar-refractivity contribution in [1.29, 1.82) is 0 Å². The zero-order valence-electron chi connectivity index (χ0n) is 10.4. The first-order valence-corrected chi connectivity index (χ1v) is 6.68. The predicted octanol–water partition coefficient (Wildman–Crippen LogP) is 3.63. The smallest absolute Gasteiger partial charge is 0.143 e. The molecule has 0 aliphatic heterocycles. The standard InChI is InChI=1S/C14H13N3OS/c1-18-13-6-9(2-4-11(13)15)17-10-3-5-12-14(7-10)19-8-16-12/h2-8,17H,15H2,1H3. The molecule has 5 heteroatoms. The summed E-state index contributed by atoms with van der Waals surface area (Å²) in [5.74, 6) is 0.670. The average molecular weight is 271 g/mol. The van der Waals surface area contributed by atoms with E-state index in [1.54, 1.807) is 18.4 Å². The topological polar surface area (TPSA) is 60.2 Å². The second-order valence-electron chi connectivity index (χ2n) is 4.12. The number of methoxy groups -OCH3 is 1. The number of rotatable bonds is 3. The van der Waals surface area contributed by atoms with Crippen LogP contribution >= 0.6 is 11.3 Å². The fourth-order valence-electron chi connectivity index (χ4n) is 1.89. The number of aromatic nitrogens is 1. The molecule has 2 aromatic carbocycles. The molecule has 1 heterocycles. The molecule has 0 aliphatic carbocycles. The Morgan fingerprint density at radius 1 is 1.16 bits per heavy atom. The fourth-order valence-corrected chi connectivity index (χ4v) is 2.60. The molecule has 0 saturated heterocycles. The van der Waals surface area contributed by atoms with Gasteiger partial charge in [-0.2, -0.15) is 0 Å². The number of anilines is 3. The highest BCUT2D eigenvalue weighted by molar-refractivity contribution is 7.16. The Bertz CT molecular complexity index is 724. The first-order valence-electron chi connectivity index (χ1n) is 5.80. The molecule has 0 fully saturated rings. The molecule has 0 unspecified atom stereocenters. The molecule has 3 N–H and O–H groups in total. The average Bonchev–Trinajstić information content (AvgIpc) is 2.88. The first kappa shape index (κ1) is 11.8. The predicted molar refractivity (Wildman–Crippen MR) is 80.3 cm³/mol. The molecule has 3 aromatic rings. The minimum Gasteiger partial charge on any atom is -0.495 e. The number of nitrogens with zero attached hydrogens (tertiary/aromatic N) is 1. The van der Waals surface area contributed by atoms with Gasteiger partial charge in [-0.05, 0) is 30.3 Å². The van der Waals surface area contributed by atoms with Crippen LogP contribution in [-0.2, 0) is 0 Å². The van der Waals surface area contributed by atoms with Crippen molar-refractivity contribution >= 4 is 38.6 Å². The molecule has 0 amide bonds. The van der Waals surface area contributed by atoms with Crippen LogP contribution in [0.15, 0.2) is 41.9 Å². The first-order chi connectivity index (χ1) is 9.26. The van der Waals surface area contributed by atoms with Gasteiger partial charge in [0.15, 0.2) is 0 Å². The van der Waals surface area contributed by atoms with E-state index in [1.165, 1.54) is 0 Å². The Kier molecular flexibility index (Phi) is 2.97. The van der Waals surface area contributed by atoms with Crippen LogP contribution in [0, 0.1) is 0 Å². The molecule has 1 aromatic heterocycles. The Balaban J connectivity index is 1.91. The maximum Gasteiger partial charge on any atom is 0.143 e. The van der Waals surface area contributed by atoms with Crippen LogP contribution in [0.1, 0.15) is 0 Å². The summed E-state index contributed by atoms with van der Waals surface area (Å²) in [4.78, 5) is 4.26. The van der Waals surface area contributed by atoms with Gasteiger partial charge in [-0.15, -0.1) is 11.3 Å². The highest BCUT2D eigenvalue weighted by Crippen LogP contribution is 2.28. The van der Waals surface area contributed by atoms with Gasteiger partial charge in [0.2, 0.25) is 0 Å². The summed E-state index contributed by atoms with van der Waals surface area (Å²) >= 11 is 1.63. The normalized spacial score (nSPS) is 10.6. The third-order valence-electron chi connectivity index (χ3n) is 2.85. The van der Waals surface area contributed by atoms with Crippen molar-refractivity contribution in [2.75, 3.05) is 18.2 Å². The fraction of sp³-hybridized carbons (Fsp3) is 0.0714. The Labute approximate surface area is 114 Å². The van der Waals surface area contributed by atoms with E-state index in [9.17, 15) is 0 Å². The van der Waals surface area contributed by atoms with Crippen molar-refractivity contribution in [3.05, 3.63) is 41.9 Å². The molecule has 0 saturated carbocycles. The number of hydrogen-bond donors (Lipinski definition) is 2. The van der Waals surface area contributed by atoms with Gasteiger partial charge in [0.05, 0.1) is 28.5 Å². The monoisotopic (exact) mass is 271 g/mol. The van der Waals surface area contributed by atoms with Crippen LogP contribution in [0.3, 0.4) is 0 Å². The summed E-state index contributed by atoms with van der Waals surface area (Å²) in [6.07, 6.45) is 0. The summed E-state index contributed by atoms with van der Waals surface area (Å²) in [6.45, 7) is 0. The second-order valence-corrected chi connectivity index (χ2v) is 5.00. The Hall–Kier alpha value is -2.27. The SMILES string of the molecule is COc1cc(Nc2ccc3ncsc3c2)ccc1N. The second kappa shape index (κ2) is 4.78. The van der Waals surface area contributed by atoms with Gasteiger partial charge in [0.25, 0.3) is 0 Å². The van der Waals surface area contributed by atoms with Gasteiger partial charge in [-0.25, -0.2) is 4.98 Å². The van der Waals surface area contributed by atoms with Crippen LogP contribution in [0.2, 0.25) is 0 Å². The molecule has 4 nitrogen and oxygen atoms in total. The number of benzene rings is 2. The lowest BCUT2D eigenvalue weighted by Gasteiger charge is -2.10. The van der Waals surface area contributed by atoms with Crippen molar-refractivity contribution in [3.63, 3.8) is 0 Å². The van der Waals surface area contributed by atoms with Gasteiger partial charge in [0, 0.05) is 17.4 Å². The van der Waals surface area contributed by atoms with E-state index in [4.69, 9.17) is 10.5 Å². The number of fused-ring (bicyclic) bond motifs is 1. The van der Waals surface area contributed by atoms with Crippen molar-refractivity contribution < 1.29 is 4.74 Å².